The van der Waals surface area contributed by atoms with Crippen LogP contribution in [-0.2, 0) is 0 Å². The maximum atomic E-state index is 12.6. The second-order valence-electron chi connectivity index (χ2n) is 5.58. The lowest BCUT2D eigenvalue weighted by Gasteiger charge is -2.35. The fourth-order valence-electron chi connectivity index (χ4n) is 2.86. The minimum Gasteiger partial charge on any atom is -0.293 e. The Kier molecular flexibility index (Phi) is 5.48. The summed E-state index contributed by atoms with van der Waals surface area (Å²) in [7, 11) is 0. The molecule has 0 bridgehead atoms. The minimum atomic E-state index is -0.122. The maximum absolute atomic E-state index is 12.6. The monoisotopic (exact) mass is 313 g/mol. The molecule has 20 heavy (non-hydrogen) atoms. The topological polar surface area (TPSA) is 20.3 Å². The van der Waals surface area contributed by atoms with Crippen LogP contribution in [0.2, 0.25) is 10.0 Å². The van der Waals surface area contributed by atoms with Crippen LogP contribution in [0, 0.1) is 5.92 Å². The van der Waals surface area contributed by atoms with Crippen molar-refractivity contribution in [1.29, 1.82) is 0 Å². The summed E-state index contributed by atoms with van der Waals surface area (Å²) in [6.45, 7) is 6.20. The largest absolute Gasteiger partial charge is 0.293 e. The van der Waals surface area contributed by atoms with Gasteiger partial charge in [0, 0.05) is 17.1 Å². The van der Waals surface area contributed by atoms with Crippen LogP contribution in [0.15, 0.2) is 18.2 Å². The van der Waals surface area contributed by atoms with Gasteiger partial charge in [-0.15, -0.1) is 0 Å². The predicted molar refractivity (Wildman–Crippen MR) is 84.8 cm³/mol. The van der Waals surface area contributed by atoms with Gasteiger partial charge in [0.05, 0.1) is 11.1 Å². The zero-order valence-electron chi connectivity index (χ0n) is 12.0. The van der Waals surface area contributed by atoms with E-state index in [2.05, 4.69) is 11.8 Å². The molecule has 1 aromatic rings. The van der Waals surface area contributed by atoms with E-state index < -0.39 is 0 Å². The second-order valence-corrected chi connectivity index (χ2v) is 6.42. The van der Waals surface area contributed by atoms with Crippen molar-refractivity contribution in [3.63, 3.8) is 0 Å². The first kappa shape index (κ1) is 15.8. The first-order valence-corrected chi connectivity index (χ1v) is 8.01. The molecule has 2 unspecified atom stereocenters. The van der Waals surface area contributed by atoms with E-state index in [0.29, 0.717) is 21.5 Å². The molecule has 1 aromatic carbocycles. The Morgan fingerprint density at radius 3 is 2.85 bits per heavy atom. The summed E-state index contributed by atoms with van der Waals surface area (Å²) in [5.41, 5.74) is 0.571. The van der Waals surface area contributed by atoms with Crippen LogP contribution < -0.4 is 0 Å². The molecule has 1 fully saturated rings. The summed E-state index contributed by atoms with van der Waals surface area (Å²) < 4.78 is 0. The van der Waals surface area contributed by atoms with Crippen LogP contribution >= 0.6 is 23.2 Å². The fourth-order valence-corrected chi connectivity index (χ4v) is 3.36. The average molecular weight is 314 g/mol. The van der Waals surface area contributed by atoms with Gasteiger partial charge in [0.25, 0.3) is 0 Å². The Hall–Kier alpha value is -0.570. The molecule has 1 aliphatic rings. The molecule has 2 rings (SSSR count). The van der Waals surface area contributed by atoms with Gasteiger partial charge in [-0.1, -0.05) is 36.5 Å². The molecule has 0 saturated carbocycles. The Labute approximate surface area is 131 Å². The highest BCUT2D eigenvalue weighted by Gasteiger charge is 2.28. The van der Waals surface area contributed by atoms with Crippen LogP contribution in [-0.4, -0.2) is 29.8 Å². The van der Waals surface area contributed by atoms with E-state index in [-0.39, 0.29) is 11.8 Å². The van der Waals surface area contributed by atoms with Crippen molar-refractivity contribution in [2.45, 2.75) is 39.2 Å². The molecule has 1 heterocycles. The average Bonchev–Trinajstić information content (AvgIpc) is 2.46. The standard InChI is InChI=1S/C16H21Cl2NO/c1-3-12-5-4-8-19(10-12)11(2)16(20)14-7-6-13(17)9-15(14)18/h6-7,9,11-12H,3-5,8,10H2,1-2H3. The molecule has 0 aliphatic carbocycles. The van der Waals surface area contributed by atoms with Gasteiger partial charge in [0.2, 0.25) is 0 Å². The SMILES string of the molecule is CCC1CCCN(C(C)C(=O)c2ccc(Cl)cc2Cl)C1. The highest BCUT2D eigenvalue weighted by molar-refractivity contribution is 6.37. The van der Waals surface area contributed by atoms with Crippen molar-refractivity contribution in [2.75, 3.05) is 13.1 Å². The quantitative estimate of drug-likeness (QED) is 0.752. The van der Waals surface area contributed by atoms with Crippen molar-refractivity contribution in [2.24, 2.45) is 5.92 Å². The van der Waals surface area contributed by atoms with Crippen molar-refractivity contribution in [3.05, 3.63) is 33.8 Å². The number of halogens is 2. The van der Waals surface area contributed by atoms with Gasteiger partial charge >= 0.3 is 0 Å². The molecule has 2 atom stereocenters. The zero-order chi connectivity index (χ0) is 14.7. The van der Waals surface area contributed by atoms with Crippen molar-refractivity contribution < 1.29 is 4.79 Å². The van der Waals surface area contributed by atoms with Gasteiger partial charge in [-0.05, 0) is 50.4 Å². The molecule has 1 saturated heterocycles. The van der Waals surface area contributed by atoms with Crippen molar-refractivity contribution in [3.8, 4) is 0 Å². The Morgan fingerprint density at radius 2 is 2.20 bits per heavy atom. The highest BCUT2D eigenvalue weighted by Crippen LogP contribution is 2.26. The normalized spacial score (nSPS) is 21.7. The number of likely N-dealkylation sites (tertiary alicyclic amines) is 1. The number of hydrogen-bond acceptors (Lipinski definition) is 2. The van der Waals surface area contributed by atoms with Gasteiger partial charge in [-0.3, -0.25) is 9.69 Å². The van der Waals surface area contributed by atoms with Crippen LogP contribution in [0.1, 0.15) is 43.5 Å². The maximum Gasteiger partial charge on any atom is 0.181 e. The third-order valence-electron chi connectivity index (χ3n) is 4.25. The molecular formula is C16H21Cl2NO. The van der Waals surface area contributed by atoms with Gasteiger partial charge in [-0.25, -0.2) is 0 Å². The highest BCUT2D eigenvalue weighted by atomic mass is 35.5. The Morgan fingerprint density at radius 1 is 1.45 bits per heavy atom. The van der Waals surface area contributed by atoms with Crippen LogP contribution in [0.25, 0.3) is 0 Å². The summed E-state index contributed by atoms with van der Waals surface area (Å²) in [4.78, 5) is 14.9. The number of nitrogens with zero attached hydrogens (tertiary/aromatic N) is 1. The van der Waals surface area contributed by atoms with E-state index in [4.69, 9.17) is 23.2 Å². The fraction of sp³-hybridized carbons (Fsp3) is 0.562. The number of hydrogen-bond donors (Lipinski definition) is 0. The molecule has 2 nitrogen and oxygen atoms in total. The van der Waals surface area contributed by atoms with E-state index in [0.717, 1.165) is 13.1 Å². The molecule has 0 amide bonds. The Bertz CT molecular complexity index is 489. The number of carbonyl (C=O) groups is 1. The van der Waals surface area contributed by atoms with Crippen molar-refractivity contribution in [1.82, 2.24) is 4.90 Å². The van der Waals surface area contributed by atoms with Crippen LogP contribution in [0.3, 0.4) is 0 Å². The van der Waals surface area contributed by atoms with Gasteiger partial charge in [0.15, 0.2) is 5.78 Å². The Balaban J connectivity index is 2.11. The second kappa shape index (κ2) is 6.93. The number of benzene rings is 1. The third-order valence-corrected chi connectivity index (χ3v) is 4.80. The minimum absolute atomic E-state index is 0.0865. The van der Waals surface area contributed by atoms with E-state index in [1.165, 1.54) is 19.3 Å². The molecular weight excluding hydrogens is 293 g/mol. The number of carbonyl (C=O) groups excluding carboxylic acids is 1. The first-order chi connectivity index (χ1) is 9.52. The summed E-state index contributed by atoms with van der Waals surface area (Å²) in [6.07, 6.45) is 3.62. The van der Waals surface area contributed by atoms with Gasteiger partial charge in [0.1, 0.15) is 0 Å². The summed E-state index contributed by atoms with van der Waals surface area (Å²) in [6, 6.07) is 4.96. The van der Waals surface area contributed by atoms with E-state index in [1.54, 1.807) is 18.2 Å². The first-order valence-electron chi connectivity index (χ1n) is 7.26. The number of piperidine rings is 1. The van der Waals surface area contributed by atoms with Crippen LogP contribution in [0.5, 0.6) is 0 Å². The van der Waals surface area contributed by atoms with Crippen molar-refractivity contribution >= 4 is 29.0 Å². The zero-order valence-corrected chi connectivity index (χ0v) is 13.5. The summed E-state index contributed by atoms with van der Waals surface area (Å²) >= 11 is 12.0. The third kappa shape index (κ3) is 3.55. The van der Waals surface area contributed by atoms with Gasteiger partial charge in [-0.2, -0.15) is 0 Å². The van der Waals surface area contributed by atoms with E-state index in [9.17, 15) is 4.79 Å². The number of Topliss-reactive ketones (excluding diaryl/α,β-unsaturated/α-hetero) is 1. The molecule has 4 heteroatoms. The number of ketones is 1. The van der Waals surface area contributed by atoms with Crippen LogP contribution in [0.4, 0.5) is 0 Å². The molecule has 0 radical (unpaired) electrons. The number of rotatable bonds is 4. The lowest BCUT2D eigenvalue weighted by molar-refractivity contribution is 0.0750. The van der Waals surface area contributed by atoms with E-state index >= 15 is 0 Å². The summed E-state index contributed by atoms with van der Waals surface area (Å²) in [5, 5.41) is 1.00. The molecule has 110 valence electrons. The predicted octanol–water partition coefficient (Wildman–Crippen LogP) is 4.69. The smallest absolute Gasteiger partial charge is 0.181 e. The van der Waals surface area contributed by atoms with E-state index in [1.807, 2.05) is 6.92 Å². The molecule has 0 spiro atoms. The van der Waals surface area contributed by atoms with Gasteiger partial charge < -0.3 is 0 Å². The lowest BCUT2D eigenvalue weighted by Crippen LogP contribution is -2.45. The molecule has 0 aromatic heterocycles. The molecule has 0 N–H and O–H groups in total. The molecule has 1 aliphatic heterocycles. The summed E-state index contributed by atoms with van der Waals surface area (Å²) in [5.74, 6) is 0.795. The lowest BCUT2D eigenvalue weighted by atomic mass is 9.93.